The van der Waals surface area contributed by atoms with Gasteiger partial charge >= 0.3 is 5.97 Å². The van der Waals surface area contributed by atoms with Crippen molar-refractivity contribution in [3.05, 3.63) is 53.1 Å². The second-order valence-electron chi connectivity index (χ2n) is 7.99. The first kappa shape index (κ1) is 18.5. The lowest BCUT2D eigenvalue weighted by Gasteiger charge is -2.37. The number of fused-ring (bicyclic) bond motifs is 2. The number of para-hydroxylation sites is 2. The molecule has 1 N–H and O–H groups in total. The summed E-state index contributed by atoms with van der Waals surface area (Å²) in [5.74, 6) is 1.65. The van der Waals surface area contributed by atoms with Crippen molar-refractivity contribution in [2.24, 2.45) is 10.4 Å². The first-order valence-electron chi connectivity index (χ1n) is 9.90. The van der Waals surface area contributed by atoms with E-state index in [9.17, 15) is 9.90 Å². The van der Waals surface area contributed by atoms with Crippen LogP contribution in [0.4, 0.5) is 5.69 Å². The monoisotopic (exact) mass is 411 g/mol. The molecule has 0 spiro atoms. The van der Waals surface area contributed by atoms with Crippen LogP contribution in [0.2, 0.25) is 5.02 Å². The van der Waals surface area contributed by atoms with Crippen molar-refractivity contribution in [3.8, 4) is 11.5 Å². The van der Waals surface area contributed by atoms with Gasteiger partial charge in [0.25, 0.3) is 0 Å². The molecule has 0 bridgehead atoms. The maximum Gasteiger partial charge on any atom is 0.310 e. The van der Waals surface area contributed by atoms with E-state index in [0.717, 1.165) is 67.6 Å². The number of hydrogen-bond donors (Lipinski definition) is 1. The topological polar surface area (TPSA) is 65.4 Å². The molecule has 1 aliphatic carbocycles. The van der Waals surface area contributed by atoms with E-state index < -0.39 is 11.4 Å². The van der Waals surface area contributed by atoms with Crippen LogP contribution in [-0.2, 0) is 4.79 Å². The number of rotatable bonds is 3. The van der Waals surface area contributed by atoms with Crippen molar-refractivity contribution in [3.63, 3.8) is 0 Å². The molecular weight excluding hydrogens is 390 g/mol. The van der Waals surface area contributed by atoms with E-state index in [4.69, 9.17) is 21.3 Å². The zero-order chi connectivity index (χ0) is 20.0. The highest BCUT2D eigenvalue weighted by molar-refractivity contribution is 6.31. The molecular formula is C22H22ClN3O3. The average Bonchev–Trinajstić information content (AvgIpc) is 3.52. The number of hydrogen-bond acceptors (Lipinski definition) is 5. The van der Waals surface area contributed by atoms with Gasteiger partial charge in [0, 0.05) is 37.7 Å². The molecule has 2 aromatic carbocycles. The van der Waals surface area contributed by atoms with Crippen LogP contribution in [0.25, 0.3) is 0 Å². The fourth-order valence-electron chi connectivity index (χ4n) is 4.07. The maximum atomic E-state index is 11.5. The molecule has 5 rings (SSSR count). The minimum absolute atomic E-state index is 0.519. The second-order valence-corrected chi connectivity index (χ2v) is 8.43. The number of benzene rings is 2. The summed E-state index contributed by atoms with van der Waals surface area (Å²) >= 11 is 6.28. The van der Waals surface area contributed by atoms with Crippen molar-refractivity contribution in [2.75, 3.05) is 32.7 Å². The number of halogens is 1. The Balaban J connectivity index is 1.41. The quantitative estimate of drug-likeness (QED) is 0.826. The third-order valence-corrected chi connectivity index (χ3v) is 6.23. The second kappa shape index (κ2) is 7.04. The zero-order valence-corrected chi connectivity index (χ0v) is 16.7. The number of piperazine rings is 1. The fraction of sp³-hybridized carbons (Fsp3) is 0.364. The highest BCUT2D eigenvalue weighted by atomic mass is 35.5. The maximum absolute atomic E-state index is 11.5. The first-order valence-corrected chi connectivity index (χ1v) is 10.3. The summed E-state index contributed by atoms with van der Waals surface area (Å²) in [7, 11) is 0. The smallest absolute Gasteiger partial charge is 0.310 e. The van der Waals surface area contributed by atoms with Crippen LogP contribution < -0.4 is 4.74 Å². The van der Waals surface area contributed by atoms with Gasteiger partial charge in [-0.3, -0.25) is 9.69 Å². The van der Waals surface area contributed by atoms with Gasteiger partial charge in [0.15, 0.2) is 5.75 Å². The van der Waals surface area contributed by atoms with Crippen LogP contribution in [0.1, 0.15) is 18.4 Å². The molecule has 0 atom stereocenters. The molecule has 0 unspecified atom stereocenters. The van der Waals surface area contributed by atoms with Gasteiger partial charge in [-0.15, -0.1) is 0 Å². The molecule has 0 amide bonds. The van der Waals surface area contributed by atoms with Crippen molar-refractivity contribution in [1.29, 1.82) is 0 Å². The summed E-state index contributed by atoms with van der Waals surface area (Å²) in [6.07, 6.45) is 1.57. The minimum atomic E-state index is -0.662. The van der Waals surface area contributed by atoms with Crippen LogP contribution in [0, 0.1) is 5.41 Å². The Bertz CT molecular complexity index is 995. The van der Waals surface area contributed by atoms with E-state index in [1.807, 2.05) is 42.5 Å². The summed E-state index contributed by atoms with van der Waals surface area (Å²) in [6, 6.07) is 13.4. The predicted molar refractivity (Wildman–Crippen MR) is 111 cm³/mol. The molecule has 2 heterocycles. The largest absolute Gasteiger partial charge is 0.481 e. The standard InChI is InChI=1S/C22H22ClN3O3/c23-15-5-6-18-16(13-15)20(24-17-3-1-2-4-19(17)29-18)26-11-9-25(10-12-26)14-22(7-8-22)21(27)28/h1-6,13H,7-12,14H2,(H,27,28). The summed E-state index contributed by atoms with van der Waals surface area (Å²) in [6.45, 7) is 3.82. The number of carboxylic acid groups (broad SMARTS) is 1. The normalized spacial score (nSPS) is 20.0. The van der Waals surface area contributed by atoms with Gasteiger partial charge in [-0.05, 0) is 43.2 Å². The Morgan fingerprint density at radius 1 is 1.10 bits per heavy atom. The molecule has 0 radical (unpaired) electrons. The zero-order valence-electron chi connectivity index (χ0n) is 16.0. The first-order chi connectivity index (χ1) is 14.0. The van der Waals surface area contributed by atoms with Crippen LogP contribution in [0.15, 0.2) is 47.5 Å². The van der Waals surface area contributed by atoms with E-state index in [1.165, 1.54) is 0 Å². The number of carbonyl (C=O) groups is 1. The lowest BCUT2D eigenvalue weighted by Crippen LogP contribution is -2.50. The third kappa shape index (κ3) is 3.47. The van der Waals surface area contributed by atoms with Crippen molar-refractivity contribution in [1.82, 2.24) is 9.80 Å². The molecule has 3 aliphatic rings. The highest BCUT2D eigenvalue weighted by Crippen LogP contribution is 2.46. The fourth-order valence-corrected chi connectivity index (χ4v) is 4.24. The number of aliphatic imine (C=N–C) groups is 1. The van der Waals surface area contributed by atoms with Crippen molar-refractivity contribution >= 4 is 29.1 Å². The molecule has 6 nitrogen and oxygen atoms in total. The lowest BCUT2D eigenvalue weighted by atomic mass is 10.1. The SMILES string of the molecule is O=C(O)C1(CN2CCN(C3=Nc4ccccc4Oc4ccc(Cl)cc43)CC2)CC1. The van der Waals surface area contributed by atoms with Gasteiger partial charge in [0.05, 0.1) is 11.0 Å². The molecule has 0 aromatic heterocycles. The Morgan fingerprint density at radius 3 is 2.59 bits per heavy atom. The average molecular weight is 412 g/mol. The minimum Gasteiger partial charge on any atom is -0.481 e. The summed E-state index contributed by atoms with van der Waals surface area (Å²) < 4.78 is 6.12. The van der Waals surface area contributed by atoms with E-state index in [0.29, 0.717) is 11.6 Å². The number of amidine groups is 1. The molecule has 1 saturated carbocycles. The van der Waals surface area contributed by atoms with Crippen molar-refractivity contribution < 1.29 is 14.6 Å². The third-order valence-electron chi connectivity index (χ3n) is 6.00. The van der Waals surface area contributed by atoms with E-state index in [2.05, 4.69) is 9.80 Å². The van der Waals surface area contributed by atoms with E-state index in [1.54, 1.807) is 0 Å². The molecule has 1 saturated heterocycles. The molecule has 2 aromatic rings. The summed E-state index contributed by atoms with van der Waals surface area (Å²) in [5.41, 5.74) is 1.15. The van der Waals surface area contributed by atoms with Gasteiger partial charge < -0.3 is 14.7 Å². The predicted octanol–water partition coefficient (Wildman–Crippen LogP) is 4.01. The van der Waals surface area contributed by atoms with Crippen LogP contribution in [-0.4, -0.2) is 59.4 Å². The number of carboxylic acids is 1. The van der Waals surface area contributed by atoms with Crippen molar-refractivity contribution in [2.45, 2.75) is 12.8 Å². The lowest BCUT2D eigenvalue weighted by molar-refractivity contribution is -0.144. The molecule has 29 heavy (non-hydrogen) atoms. The number of ether oxygens (including phenoxy) is 1. The highest BCUT2D eigenvalue weighted by Gasteiger charge is 2.51. The van der Waals surface area contributed by atoms with Gasteiger partial charge in [-0.2, -0.15) is 0 Å². The van der Waals surface area contributed by atoms with Gasteiger partial charge in [-0.1, -0.05) is 23.7 Å². The Labute approximate surface area is 174 Å². The van der Waals surface area contributed by atoms with Gasteiger partial charge in [-0.25, -0.2) is 4.99 Å². The van der Waals surface area contributed by atoms with Crippen LogP contribution in [0.5, 0.6) is 11.5 Å². The number of aliphatic carboxylic acids is 1. The Morgan fingerprint density at radius 2 is 1.86 bits per heavy atom. The van der Waals surface area contributed by atoms with E-state index >= 15 is 0 Å². The van der Waals surface area contributed by atoms with E-state index in [-0.39, 0.29) is 0 Å². The Kier molecular flexibility index (Phi) is 4.48. The molecule has 2 fully saturated rings. The molecule has 150 valence electrons. The molecule has 2 aliphatic heterocycles. The molecule has 7 heteroatoms. The Hall–Kier alpha value is -2.57. The number of nitrogens with zero attached hydrogens (tertiary/aromatic N) is 3. The van der Waals surface area contributed by atoms with Crippen LogP contribution >= 0.6 is 11.6 Å². The van der Waals surface area contributed by atoms with Crippen LogP contribution in [0.3, 0.4) is 0 Å². The van der Waals surface area contributed by atoms with Gasteiger partial charge in [0.2, 0.25) is 0 Å². The summed E-state index contributed by atoms with van der Waals surface area (Å²) in [4.78, 5) is 21.0. The van der Waals surface area contributed by atoms with Gasteiger partial charge in [0.1, 0.15) is 17.3 Å². The summed E-state index contributed by atoms with van der Waals surface area (Å²) in [5, 5.41) is 10.1.